The summed E-state index contributed by atoms with van der Waals surface area (Å²) in [5.41, 5.74) is 2.62. The number of carbonyl (C=O) groups excluding carboxylic acids is 1. The van der Waals surface area contributed by atoms with E-state index in [1.165, 1.54) is 0 Å². The lowest BCUT2D eigenvalue weighted by molar-refractivity contribution is 0.198. The second kappa shape index (κ2) is 6.26. The van der Waals surface area contributed by atoms with Crippen molar-refractivity contribution < 1.29 is 4.79 Å². The van der Waals surface area contributed by atoms with Gasteiger partial charge in [-0.25, -0.2) is 9.78 Å². The van der Waals surface area contributed by atoms with Crippen molar-refractivity contribution in [3.63, 3.8) is 0 Å². The van der Waals surface area contributed by atoms with E-state index in [0.29, 0.717) is 5.92 Å². The monoisotopic (exact) mass is 353 g/mol. The lowest BCUT2D eigenvalue weighted by Crippen LogP contribution is -2.45. The molecule has 0 aromatic carbocycles. The molecule has 1 aliphatic heterocycles. The molecule has 2 aliphatic rings. The number of urea groups is 1. The standard InChI is InChI=1S/C18H23N7O/c26-18(24-8-1-2-9-24)21-13-5-3-4-12(10-13)17-23-22-15-11-20-16-14(25(15)17)6-7-19-16/h6-7,11-13,19H,1-5,8-10H2,(H,21,26)/t12-,13+/m1/s1. The molecule has 0 unspecified atom stereocenters. The molecule has 2 amide bonds. The zero-order chi connectivity index (χ0) is 17.5. The number of H-pyrrole nitrogens is 1. The number of nitrogens with zero attached hydrogens (tertiary/aromatic N) is 5. The molecule has 2 fully saturated rings. The van der Waals surface area contributed by atoms with Crippen molar-refractivity contribution in [3.8, 4) is 0 Å². The number of amides is 2. The summed E-state index contributed by atoms with van der Waals surface area (Å²) in [5, 5.41) is 12.0. The number of likely N-dealkylation sites (tertiary alicyclic amines) is 1. The van der Waals surface area contributed by atoms with E-state index in [9.17, 15) is 4.79 Å². The number of fused-ring (bicyclic) bond motifs is 3. The molecular formula is C18H23N7O. The van der Waals surface area contributed by atoms with Gasteiger partial charge >= 0.3 is 6.03 Å². The van der Waals surface area contributed by atoms with E-state index < -0.39 is 0 Å². The highest BCUT2D eigenvalue weighted by Gasteiger charge is 2.29. The van der Waals surface area contributed by atoms with E-state index in [2.05, 4.69) is 29.9 Å². The molecule has 8 nitrogen and oxygen atoms in total. The van der Waals surface area contributed by atoms with Crippen molar-refractivity contribution in [1.29, 1.82) is 0 Å². The van der Waals surface area contributed by atoms with Crippen molar-refractivity contribution in [2.24, 2.45) is 0 Å². The molecule has 136 valence electrons. The highest BCUT2D eigenvalue weighted by Crippen LogP contribution is 2.33. The van der Waals surface area contributed by atoms with Gasteiger partial charge in [-0.05, 0) is 38.2 Å². The normalized spacial score (nSPS) is 23.8. The maximum Gasteiger partial charge on any atom is 0.317 e. The van der Waals surface area contributed by atoms with Crippen LogP contribution in [0.5, 0.6) is 0 Å². The molecule has 8 heteroatoms. The highest BCUT2D eigenvalue weighted by molar-refractivity contribution is 5.75. The van der Waals surface area contributed by atoms with E-state index in [-0.39, 0.29) is 12.1 Å². The topological polar surface area (TPSA) is 91.2 Å². The lowest BCUT2D eigenvalue weighted by atomic mass is 9.85. The summed E-state index contributed by atoms with van der Waals surface area (Å²) in [6.45, 7) is 1.77. The van der Waals surface area contributed by atoms with Gasteiger partial charge in [0.25, 0.3) is 0 Å². The van der Waals surface area contributed by atoms with Gasteiger partial charge < -0.3 is 15.2 Å². The molecule has 1 saturated heterocycles. The maximum atomic E-state index is 12.4. The van der Waals surface area contributed by atoms with Crippen LogP contribution in [0, 0.1) is 0 Å². The van der Waals surface area contributed by atoms with Gasteiger partial charge in [0, 0.05) is 31.2 Å². The molecule has 4 heterocycles. The first-order chi connectivity index (χ1) is 12.8. The first kappa shape index (κ1) is 15.6. The van der Waals surface area contributed by atoms with Gasteiger partial charge in [0.2, 0.25) is 0 Å². The molecular weight excluding hydrogens is 330 g/mol. The Hall–Kier alpha value is -2.64. The first-order valence-electron chi connectivity index (χ1n) is 9.52. The number of aromatic amines is 1. The Labute approximate surface area is 151 Å². The number of aromatic nitrogens is 5. The Kier molecular flexibility index (Phi) is 3.76. The quantitative estimate of drug-likeness (QED) is 0.740. The van der Waals surface area contributed by atoms with E-state index in [0.717, 1.165) is 74.2 Å². The van der Waals surface area contributed by atoms with E-state index >= 15 is 0 Å². The number of rotatable bonds is 2. The fraction of sp³-hybridized carbons (Fsp3) is 0.556. The number of hydrogen-bond acceptors (Lipinski definition) is 4. The van der Waals surface area contributed by atoms with Gasteiger partial charge in [0.05, 0.1) is 11.7 Å². The van der Waals surface area contributed by atoms with Gasteiger partial charge in [0.1, 0.15) is 5.82 Å². The maximum absolute atomic E-state index is 12.4. The summed E-state index contributed by atoms with van der Waals surface area (Å²) in [4.78, 5) is 21.9. The molecule has 5 rings (SSSR count). The number of nitrogens with one attached hydrogen (secondary N) is 2. The van der Waals surface area contributed by atoms with Gasteiger partial charge in [-0.15, -0.1) is 10.2 Å². The van der Waals surface area contributed by atoms with Crippen molar-refractivity contribution in [2.45, 2.75) is 50.5 Å². The van der Waals surface area contributed by atoms with Crippen LogP contribution in [0.2, 0.25) is 0 Å². The minimum absolute atomic E-state index is 0.0940. The molecule has 1 aliphatic carbocycles. The Morgan fingerprint density at radius 3 is 2.96 bits per heavy atom. The van der Waals surface area contributed by atoms with E-state index in [4.69, 9.17) is 0 Å². The van der Waals surface area contributed by atoms with Crippen LogP contribution in [0.25, 0.3) is 16.8 Å². The largest absolute Gasteiger partial charge is 0.345 e. The summed E-state index contributed by atoms with van der Waals surface area (Å²) in [6.07, 6.45) is 9.99. The van der Waals surface area contributed by atoms with E-state index in [1.807, 2.05) is 17.2 Å². The molecule has 26 heavy (non-hydrogen) atoms. The van der Waals surface area contributed by atoms with Crippen molar-refractivity contribution >= 4 is 22.8 Å². The van der Waals surface area contributed by atoms with Crippen LogP contribution in [0.15, 0.2) is 18.5 Å². The predicted molar refractivity (Wildman–Crippen MR) is 97.0 cm³/mol. The minimum Gasteiger partial charge on any atom is -0.345 e. The van der Waals surface area contributed by atoms with Crippen molar-refractivity contribution in [1.82, 2.24) is 34.8 Å². The molecule has 0 bridgehead atoms. The van der Waals surface area contributed by atoms with Crippen LogP contribution in [0.3, 0.4) is 0 Å². The number of carbonyl (C=O) groups is 1. The summed E-state index contributed by atoms with van der Waals surface area (Å²) < 4.78 is 2.11. The van der Waals surface area contributed by atoms with Gasteiger partial charge in [-0.2, -0.15) is 0 Å². The fourth-order valence-electron chi connectivity index (χ4n) is 4.40. The molecule has 0 spiro atoms. The van der Waals surface area contributed by atoms with Gasteiger partial charge in [0.15, 0.2) is 11.3 Å². The summed E-state index contributed by atoms with van der Waals surface area (Å²) in [6, 6.07) is 2.31. The average Bonchev–Trinajstić information content (AvgIpc) is 3.40. The smallest absolute Gasteiger partial charge is 0.317 e. The van der Waals surface area contributed by atoms with Crippen molar-refractivity contribution in [2.75, 3.05) is 13.1 Å². The second-order valence-electron chi connectivity index (χ2n) is 7.43. The van der Waals surface area contributed by atoms with Crippen LogP contribution >= 0.6 is 0 Å². The van der Waals surface area contributed by atoms with E-state index in [1.54, 1.807) is 6.20 Å². The predicted octanol–water partition coefficient (Wildman–Crippen LogP) is 2.44. The molecule has 2 N–H and O–H groups in total. The lowest BCUT2D eigenvalue weighted by Gasteiger charge is -2.30. The molecule has 0 radical (unpaired) electrons. The summed E-state index contributed by atoms with van der Waals surface area (Å²) in [5.74, 6) is 1.27. The Balaban J connectivity index is 1.39. The zero-order valence-electron chi connectivity index (χ0n) is 14.7. The van der Waals surface area contributed by atoms with Crippen LogP contribution in [-0.2, 0) is 0 Å². The molecule has 2 atom stereocenters. The van der Waals surface area contributed by atoms with Crippen LogP contribution in [-0.4, -0.2) is 54.6 Å². The second-order valence-corrected chi connectivity index (χ2v) is 7.43. The molecule has 1 saturated carbocycles. The van der Waals surface area contributed by atoms with Crippen LogP contribution in [0.1, 0.15) is 50.3 Å². The van der Waals surface area contributed by atoms with Gasteiger partial charge in [-0.1, -0.05) is 6.42 Å². The third-order valence-electron chi connectivity index (χ3n) is 5.73. The third-order valence-corrected chi connectivity index (χ3v) is 5.73. The average molecular weight is 353 g/mol. The van der Waals surface area contributed by atoms with Gasteiger partial charge in [-0.3, -0.25) is 4.40 Å². The molecule has 3 aromatic heterocycles. The van der Waals surface area contributed by atoms with Crippen molar-refractivity contribution in [3.05, 3.63) is 24.3 Å². The molecule has 3 aromatic rings. The van der Waals surface area contributed by atoms with Crippen LogP contribution in [0.4, 0.5) is 4.79 Å². The fourth-order valence-corrected chi connectivity index (χ4v) is 4.40. The minimum atomic E-state index is 0.0940. The first-order valence-corrected chi connectivity index (χ1v) is 9.52. The Morgan fingerprint density at radius 1 is 1.19 bits per heavy atom. The van der Waals surface area contributed by atoms with Crippen LogP contribution < -0.4 is 5.32 Å². The Morgan fingerprint density at radius 2 is 2.08 bits per heavy atom. The third kappa shape index (κ3) is 2.60. The highest BCUT2D eigenvalue weighted by atomic mass is 16.2. The SMILES string of the molecule is O=C(N[C@H]1CCC[C@@H](c2nnc3cnc4[nH]ccc4n23)C1)N1CCCC1. The zero-order valence-corrected chi connectivity index (χ0v) is 14.7. The Bertz CT molecular complexity index is 939. The summed E-state index contributed by atoms with van der Waals surface area (Å²) in [7, 11) is 0. The summed E-state index contributed by atoms with van der Waals surface area (Å²) >= 11 is 0. The number of hydrogen-bond donors (Lipinski definition) is 2.